The van der Waals surface area contributed by atoms with Crippen LogP contribution in [-0.2, 0) is 4.74 Å². The molecule has 0 aliphatic carbocycles. The summed E-state index contributed by atoms with van der Waals surface area (Å²) in [6.45, 7) is 3.48. The van der Waals surface area contributed by atoms with Gasteiger partial charge in [0, 0.05) is 22.6 Å². The third kappa shape index (κ3) is 2.97. The Morgan fingerprint density at radius 2 is 2.00 bits per heavy atom. The van der Waals surface area contributed by atoms with Gasteiger partial charge >= 0.3 is 5.97 Å². The minimum atomic E-state index is -0.504. The van der Waals surface area contributed by atoms with Gasteiger partial charge in [-0.25, -0.2) is 9.18 Å². The van der Waals surface area contributed by atoms with Crippen molar-refractivity contribution in [2.24, 2.45) is 0 Å². The lowest BCUT2D eigenvalue weighted by molar-refractivity contribution is 0.0602. The SMILES string of the molecule is COC(=O)c1cc(Nc2cccc(F)c2C)cc(C)c1N. The summed E-state index contributed by atoms with van der Waals surface area (Å²) in [5, 5.41) is 3.10. The van der Waals surface area contributed by atoms with E-state index in [0.717, 1.165) is 5.56 Å². The molecule has 21 heavy (non-hydrogen) atoms. The van der Waals surface area contributed by atoms with Crippen molar-refractivity contribution in [3.63, 3.8) is 0 Å². The lowest BCUT2D eigenvalue weighted by Gasteiger charge is -2.14. The topological polar surface area (TPSA) is 64.3 Å². The molecule has 5 heteroatoms. The fourth-order valence-electron chi connectivity index (χ4n) is 2.05. The van der Waals surface area contributed by atoms with Crippen LogP contribution in [0.15, 0.2) is 30.3 Å². The Bertz CT molecular complexity index is 699. The number of nitrogen functional groups attached to an aromatic ring is 1. The number of hydrogen-bond acceptors (Lipinski definition) is 4. The van der Waals surface area contributed by atoms with Crippen LogP contribution >= 0.6 is 0 Å². The third-order valence-corrected chi connectivity index (χ3v) is 3.34. The van der Waals surface area contributed by atoms with Crippen molar-refractivity contribution in [3.05, 3.63) is 52.8 Å². The van der Waals surface area contributed by atoms with E-state index in [4.69, 9.17) is 10.5 Å². The number of ether oxygens (including phenoxy) is 1. The molecule has 0 saturated heterocycles. The Kier molecular flexibility index (Phi) is 4.12. The first-order valence-electron chi connectivity index (χ1n) is 6.44. The fourth-order valence-corrected chi connectivity index (χ4v) is 2.05. The van der Waals surface area contributed by atoms with E-state index in [9.17, 15) is 9.18 Å². The molecule has 0 aliphatic rings. The quantitative estimate of drug-likeness (QED) is 0.669. The number of nitrogens with one attached hydrogen (secondary N) is 1. The molecule has 0 heterocycles. The molecule has 2 aromatic carbocycles. The Hall–Kier alpha value is -2.56. The third-order valence-electron chi connectivity index (χ3n) is 3.34. The first kappa shape index (κ1) is 14.8. The first-order valence-corrected chi connectivity index (χ1v) is 6.44. The van der Waals surface area contributed by atoms with Crippen molar-refractivity contribution in [1.82, 2.24) is 0 Å². The molecule has 0 fully saturated rings. The lowest BCUT2D eigenvalue weighted by atomic mass is 10.1. The van der Waals surface area contributed by atoms with E-state index in [-0.39, 0.29) is 11.4 Å². The molecule has 4 nitrogen and oxygen atoms in total. The predicted octanol–water partition coefficient (Wildman–Crippen LogP) is 3.55. The van der Waals surface area contributed by atoms with Crippen LogP contribution < -0.4 is 11.1 Å². The Morgan fingerprint density at radius 1 is 1.29 bits per heavy atom. The predicted molar refractivity (Wildman–Crippen MR) is 81.4 cm³/mol. The second-order valence-corrected chi connectivity index (χ2v) is 4.78. The van der Waals surface area contributed by atoms with Gasteiger partial charge in [0.25, 0.3) is 0 Å². The van der Waals surface area contributed by atoms with Gasteiger partial charge in [-0.1, -0.05) is 6.07 Å². The van der Waals surface area contributed by atoms with Gasteiger partial charge in [0.15, 0.2) is 0 Å². The molecule has 0 aliphatic heterocycles. The smallest absolute Gasteiger partial charge is 0.340 e. The maximum atomic E-state index is 13.6. The second kappa shape index (κ2) is 5.83. The molecule has 0 atom stereocenters. The molecular formula is C16H17FN2O2. The summed E-state index contributed by atoms with van der Waals surface area (Å²) in [7, 11) is 1.30. The molecule has 110 valence electrons. The number of carbonyl (C=O) groups excluding carboxylic acids is 1. The summed E-state index contributed by atoms with van der Waals surface area (Å²) in [5.41, 5.74) is 9.09. The number of nitrogens with two attached hydrogens (primary N) is 1. The summed E-state index contributed by atoms with van der Waals surface area (Å²) in [6.07, 6.45) is 0. The van der Waals surface area contributed by atoms with Crippen molar-refractivity contribution < 1.29 is 13.9 Å². The van der Waals surface area contributed by atoms with Crippen molar-refractivity contribution in [2.75, 3.05) is 18.2 Å². The first-order chi connectivity index (χ1) is 9.93. The van der Waals surface area contributed by atoms with Gasteiger partial charge < -0.3 is 15.8 Å². The monoisotopic (exact) mass is 288 g/mol. The minimum Gasteiger partial charge on any atom is -0.465 e. The Balaban J connectivity index is 2.43. The Labute approximate surface area is 122 Å². The van der Waals surface area contributed by atoms with Gasteiger partial charge in [0.05, 0.1) is 12.7 Å². The number of halogens is 1. The zero-order chi connectivity index (χ0) is 15.6. The van der Waals surface area contributed by atoms with Gasteiger partial charge in [-0.2, -0.15) is 0 Å². The van der Waals surface area contributed by atoms with Crippen LogP contribution in [0.5, 0.6) is 0 Å². The lowest BCUT2D eigenvalue weighted by Crippen LogP contribution is -2.08. The van der Waals surface area contributed by atoms with E-state index in [2.05, 4.69) is 5.32 Å². The summed E-state index contributed by atoms with van der Waals surface area (Å²) in [5.74, 6) is -0.796. The number of benzene rings is 2. The summed E-state index contributed by atoms with van der Waals surface area (Å²) in [6, 6.07) is 8.18. The molecule has 0 spiro atoms. The number of hydrogen-bond donors (Lipinski definition) is 2. The van der Waals surface area contributed by atoms with Gasteiger partial charge in [-0.05, 0) is 43.7 Å². The van der Waals surface area contributed by atoms with E-state index in [0.29, 0.717) is 22.6 Å². The molecule has 0 saturated carbocycles. The van der Waals surface area contributed by atoms with Crippen molar-refractivity contribution in [3.8, 4) is 0 Å². The van der Waals surface area contributed by atoms with Gasteiger partial charge in [0.2, 0.25) is 0 Å². The average Bonchev–Trinajstić information content (AvgIpc) is 2.46. The number of methoxy groups -OCH3 is 1. The number of anilines is 3. The van der Waals surface area contributed by atoms with Crippen LogP contribution in [0, 0.1) is 19.7 Å². The standard InChI is InChI=1S/C16H17FN2O2/c1-9-7-11(8-12(15(9)18)16(20)21-3)19-14-6-4-5-13(17)10(14)2/h4-8,19H,18H2,1-3H3. The molecule has 0 unspecified atom stereocenters. The van der Waals surface area contributed by atoms with Gasteiger partial charge in [0.1, 0.15) is 5.82 Å². The van der Waals surface area contributed by atoms with Crippen molar-refractivity contribution >= 4 is 23.0 Å². The van der Waals surface area contributed by atoms with E-state index >= 15 is 0 Å². The molecule has 2 rings (SSSR count). The summed E-state index contributed by atoms with van der Waals surface area (Å²) < 4.78 is 18.3. The highest BCUT2D eigenvalue weighted by atomic mass is 19.1. The van der Waals surface area contributed by atoms with E-state index < -0.39 is 5.97 Å². The van der Waals surface area contributed by atoms with E-state index in [1.54, 1.807) is 38.1 Å². The maximum absolute atomic E-state index is 13.6. The highest BCUT2D eigenvalue weighted by Crippen LogP contribution is 2.27. The van der Waals surface area contributed by atoms with Gasteiger partial charge in [-0.3, -0.25) is 0 Å². The highest BCUT2D eigenvalue weighted by molar-refractivity contribution is 5.97. The average molecular weight is 288 g/mol. The molecule has 0 radical (unpaired) electrons. The van der Waals surface area contributed by atoms with Crippen LogP contribution in [0.2, 0.25) is 0 Å². The maximum Gasteiger partial charge on any atom is 0.340 e. The summed E-state index contributed by atoms with van der Waals surface area (Å²) >= 11 is 0. The zero-order valence-corrected chi connectivity index (χ0v) is 12.2. The highest BCUT2D eigenvalue weighted by Gasteiger charge is 2.14. The van der Waals surface area contributed by atoms with Crippen molar-refractivity contribution in [1.29, 1.82) is 0 Å². The second-order valence-electron chi connectivity index (χ2n) is 4.78. The molecule has 3 N–H and O–H groups in total. The molecule has 0 amide bonds. The van der Waals surface area contributed by atoms with E-state index in [1.165, 1.54) is 13.2 Å². The fraction of sp³-hybridized carbons (Fsp3) is 0.188. The van der Waals surface area contributed by atoms with Crippen LogP contribution in [0.25, 0.3) is 0 Å². The number of rotatable bonds is 3. The largest absolute Gasteiger partial charge is 0.465 e. The number of aryl methyl sites for hydroxylation is 1. The van der Waals surface area contributed by atoms with Crippen LogP contribution in [0.3, 0.4) is 0 Å². The van der Waals surface area contributed by atoms with E-state index in [1.807, 2.05) is 0 Å². The molecule has 2 aromatic rings. The molecule has 0 aromatic heterocycles. The molecular weight excluding hydrogens is 271 g/mol. The number of esters is 1. The van der Waals surface area contributed by atoms with Crippen LogP contribution in [-0.4, -0.2) is 13.1 Å². The summed E-state index contributed by atoms with van der Waals surface area (Å²) in [4.78, 5) is 11.7. The van der Waals surface area contributed by atoms with Crippen LogP contribution in [0.1, 0.15) is 21.5 Å². The van der Waals surface area contributed by atoms with Crippen molar-refractivity contribution in [2.45, 2.75) is 13.8 Å². The Morgan fingerprint density at radius 3 is 2.67 bits per heavy atom. The number of carbonyl (C=O) groups is 1. The zero-order valence-electron chi connectivity index (χ0n) is 12.2. The normalized spacial score (nSPS) is 10.3. The van der Waals surface area contributed by atoms with Gasteiger partial charge in [-0.15, -0.1) is 0 Å². The van der Waals surface area contributed by atoms with Crippen LogP contribution in [0.4, 0.5) is 21.5 Å². The minimum absolute atomic E-state index is 0.286. The molecule has 0 bridgehead atoms.